The van der Waals surface area contributed by atoms with E-state index in [1.807, 2.05) is 0 Å². The number of carbonyl (C=O) groups is 5. The lowest BCUT2D eigenvalue weighted by molar-refractivity contribution is -0.141. The monoisotopic (exact) mass is 450 g/mol. The Kier molecular flexibility index (Phi) is 10.8. The highest BCUT2D eigenvalue weighted by molar-refractivity contribution is 5.93. The fraction of sp³-hybridized carbons (Fsp3) is 0.476. The lowest BCUT2D eigenvalue weighted by atomic mass is 9.97. The van der Waals surface area contributed by atoms with Gasteiger partial charge in [0, 0.05) is 6.42 Å². The lowest BCUT2D eigenvalue weighted by Gasteiger charge is -2.25. The molecule has 0 saturated carbocycles. The van der Waals surface area contributed by atoms with Crippen molar-refractivity contribution in [1.29, 1.82) is 0 Å². The molecule has 0 heterocycles. The molecule has 3 amide bonds. The van der Waals surface area contributed by atoms with E-state index in [1.165, 1.54) is 0 Å². The predicted molar refractivity (Wildman–Crippen MR) is 114 cm³/mol. The first kappa shape index (κ1) is 26.6. The van der Waals surface area contributed by atoms with Crippen LogP contribution < -0.4 is 21.7 Å². The number of aliphatic carboxylic acids is 2. The summed E-state index contributed by atoms with van der Waals surface area (Å²) in [5, 5.41) is 25.3. The maximum absolute atomic E-state index is 12.6. The number of carboxylic acids is 2. The molecular weight excluding hydrogens is 420 g/mol. The molecule has 1 aromatic carbocycles. The Hall–Kier alpha value is -3.47. The van der Waals surface area contributed by atoms with E-state index in [-0.39, 0.29) is 12.3 Å². The molecule has 11 nitrogen and oxygen atoms in total. The van der Waals surface area contributed by atoms with E-state index in [4.69, 9.17) is 10.8 Å². The molecule has 1 rings (SSSR count). The molecule has 0 aromatic heterocycles. The normalized spacial score (nSPS) is 14.3. The predicted octanol–water partition coefficient (Wildman–Crippen LogP) is -0.752. The molecule has 7 N–H and O–H groups in total. The van der Waals surface area contributed by atoms with Gasteiger partial charge in [-0.3, -0.25) is 19.2 Å². The molecule has 176 valence electrons. The summed E-state index contributed by atoms with van der Waals surface area (Å²) in [5.41, 5.74) is 6.26. The van der Waals surface area contributed by atoms with Crippen molar-refractivity contribution >= 4 is 29.7 Å². The van der Waals surface area contributed by atoms with Crippen molar-refractivity contribution in [3.05, 3.63) is 35.9 Å². The average molecular weight is 450 g/mol. The molecule has 1 aromatic rings. The first-order valence-electron chi connectivity index (χ1n) is 10.2. The summed E-state index contributed by atoms with van der Waals surface area (Å²) in [5.74, 6) is -4.98. The van der Waals surface area contributed by atoms with E-state index in [9.17, 15) is 29.1 Å². The molecule has 0 aliphatic rings. The highest BCUT2D eigenvalue weighted by atomic mass is 16.4. The van der Waals surface area contributed by atoms with Gasteiger partial charge in [0.2, 0.25) is 17.7 Å². The van der Waals surface area contributed by atoms with Crippen LogP contribution in [0.1, 0.15) is 32.3 Å². The van der Waals surface area contributed by atoms with Crippen molar-refractivity contribution in [3.63, 3.8) is 0 Å². The molecule has 0 spiro atoms. The van der Waals surface area contributed by atoms with E-state index in [2.05, 4.69) is 16.0 Å². The molecule has 0 saturated heterocycles. The lowest BCUT2D eigenvalue weighted by Crippen LogP contribution is -2.56. The molecule has 4 unspecified atom stereocenters. The number of nitrogens with one attached hydrogen (secondary N) is 3. The molecule has 4 atom stereocenters. The van der Waals surface area contributed by atoms with Gasteiger partial charge >= 0.3 is 11.9 Å². The summed E-state index contributed by atoms with van der Waals surface area (Å²) in [6.07, 6.45) is -0.0130. The first-order chi connectivity index (χ1) is 15.0. The minimum absolute atomic E-state index is 0.0723. The second-order valence-corrected chi connectivity index (χ2v) is 7.44. The molecule has 32 heavy (non-hydrogen) atoms. The number of amides is 3. The standard InChI is InChI=1S/C21H30N4O7/c1-3-12(2)18(25-19(29)14(22)10-17(27)28)20(30)23-11-16(26)24-15(21(31)32)9-13-7-5-4-6-8-13/h4-8,12,14-15,18H,3,9-11,22H2,1-2H3,(H,23,30)(H,24,26)(H,25,29)(H,27,28)(H,31,32). The van der Waals surface area contributed by atoms with Crippen LogP contribution in [0.5, 0.6) is 0 Å². The number of hydrogen-bond donors (Lipinski definition) is 6. The highest BCUT2D eigenvalue weighted by Gasteiger charge is 2.29. The van der Waals surface area contributed by atoms with Gasteiger partial charge in [-0.1, -0.05) is 50.6 Å². The van der Waals surface area contributed by atoms with Crippen LogP contribution in [0.3, 0.4) is 0 Å². The number of carbonyl (C=O) groups excluding carboxylic acids is 3. The minimum atomic E-state index is -1.33. The summed E-state index contributed by atoms with van der Waals surface area (Å²) >= 11 is 0. The zero-order valence-electron chi connectivity index (χ0n) is 18.0. The largest absolute Gasteiger partial charge is 0.481 e. The minimum Gasteiger partial charge on any atom is -0.481 e. The van der Waals surface area contributed by atoms with Gasteiger partial charge in [-0.05, 0) is 11.5 Å². The third-order valence-corrected chi connectivity index (χ3v) is 4.86. The van der Waals surface area contributed by atoms with E-state index in [1.54, 1.807) is 44.2 Å². The Bertz CT molecular complexity index is 816. The van der Waals surface area contributed by atoms with Crippen LogP contribution >= 0.6 is 0 Å². The summed E-state index contributed by atoms with van der Waals surface area (Å²) in [6.45, 7) is 3.00. The first-order valence-corrected chi connectivity index (χ1v) is 10.2. The zero-order valence-corrected chi connectivity index (χ0v) is 18.0. The number of rotatable bonds is 13. The number of carboxylic acid groups (broad SMARTS) is 2. The number of benzene rings is 1. The third-order valence-electron chi connectivity index (χ3n) is 4.86. The fourth-order valence-electron chi connectivity index (χ4n) is 2.82. The Morgan fingerprint density at radius 1 is 1.00 bits per heavy atom. The van der Waals surface area contributed by atoms with Crippen molar-refractivity contribution < 1.29 is 34.2 Å². The van der Waals surface area contributed by atoms with Gasteiger partial charge in [0.1, 0.15) is 12.1 Å². The average Bonchev–Trinajstić information content (AvgIpc) is 2.74. The summed E-state index contributed by atoms with van der Waals surface area (Å²) in [7, 11) is 0. The van der Waals surface area contributed by atoms with Gasteiger partial charge in [0.25, 0.3) is 0 Å². The highest BCUT2D eigenvalue weighted by Crippen LogP contribution is 2.09. The molecule has 0 radical (unpaired) electrons. The second-order valence-electron chi connectivity index (χ2n) is 7.44. The van der Waals surface area contributed by atoms with Crippen LogP contribution in [-0.4, -0.2) is 64.5 Å². The summed E-state index contributed by atoms with van der Waals surface area (Å²) in [6, 6.07) is 5.21. The van der Waals surface area contributed by atoms with Crippen molar-refractivity contribution in [1.82, 2.24) is 16.0 Å². The van der Waals surface area contributed by atoms with E-state index in [0.29, 0.717) is 6.42 Å². The van der Waals surface area contributed by atoms with Crippen LogP contribution in [-0.2, 0) is 30.4 Å². The van der Waals surface area contributed by atoms with Crippen LogP contribution in [0.4, 0.5) is 0 Å². The molecule has 0 fully saturated rings. The van der Waals surface area contributed by atoms with Gasteiger partial charge in [-0.25, -0.2) is 4.79 Å². The van der Waals surface area contributed by atoms with Crippen molar-refractivity contribution in [2.24, 2.45) is 11.7 Å². The van der Waals surface area contributed by atoms with Gasteiger partial charge < -0.3 is 31.9 Å². The van der Waals surface area contributed by atoms with Crippen LogP contribution in [0, 0.1) is 5.92 Å². The Morgan fingerprint density at radius 2 is 1.62 bits per heavy atom. The van der Waals surface area contributed by atoms with Crippen LogP contribution in [0.15, 0.2) is 30.3 Å². The van der Waals surface area contributed by atoms with Gasteiger partial charge in [-0.2, -0.15) is 0 Å². The Balaban J connectivity index is 2.69. The van der Waals surface area contributed by atoms with Gasteiger partial charge in [0.15, 0.2) is 0 Å². The summed E-state index contributed by atoms with van der Waals surface area (Å²) in [4.78, 5) is 59.1. The smallest absolute Gasteiger partial charge is 0.326 e. The topological polar surface area (TPSA) is 188 Å². The fourth-order valence-corrected chi connectivity index (χ4v) is 2.82. The number of nitrogens with two attached hydrogens (primary N) is 1. The maximum Gasteiger partial charge on any atom is 0.326 e. The van der Waals surface area contributed by atoms with E-state index in [0.717, 1.165) is 5.56 Å². The number of hydrogen-bond acceptors (Lipinski definition) is 6. The third kappa shape index (κ3) is 9.13. The molecule has 0 aliphatic carbocycles. The Labute approximate surface area is 185 Å². The molecule has 0 bridgehead atoms. The Morgan fingerprint density at radius 3 is 2.16 bits per heavy atom. The molecule has 0 aliphatic heterocycles. The van der Waals surface area contributed by atoms with Crippen LogP contribution in [0.2, 0.25) is 0 Å². The molecule has 11 heteroatoms. The second kappa shape index (κ2) is 13.1. The van der Waals surface area contributed by atoms with Crippen molar-refractivity contribution in [2.45, 2.75) is 51.2 Å². The van der Waals surface area contributed by atoms with Crippen LogP contribution in [0.25, 0.3) is 0 Å². The zero-order chi connectivity index (χ0) is 24.3. The van der Waals surface area contributed by atoms with Crippen molar-refractivity contribution in [2.75, 3.05) is 6.54 Å². The molecular formula is C21H30N4O7. The van der Waals surface area contributed by atoms with Gasteiger partial charge in [0.05, 0.1) is 19.0 Å². The van der Waals surface area contributed by atoms with Crippen molar-refractivity contribution in [3.8, 4) is 0 Å². The quantitative estimate of drug-likeness (QED) is 0.226. The van der Waals surface area contributed by atoms with Gasteiger partial charge in [-0.15, -0.1) is 0 Å². The summed E-state index contributed by atoms with van der Waals surface area (Å²) < 4.78 is 0. The SMILES string of the molecule is CCC(C)C(NC(=O)C(N)CC(=O)O)C(=O)NCC(=O)NC(Cc1ccccc1)C(=O)O. The maximum atomic E-state index is 12.6. The van der Waals surface area contributed by atoms with E-state index < -0.39 is 60.8 Å². The van der Waals surface area contributed by atoms with E-state index >= 15 is 0 Å².